The van der Waals surface area contributed by atoms with Gasteiger partial charge < -0.3 is 25.8 Å². The van der Waals surface area contributed by atoms with E-state index in [0.717, 1.165) is 4.57 Å². The number of nitrogens with zero attached hydrogens (tertiary/aromatic N) is 2. The van der Waals surface area contributed by atoms with Crippen LogP contribution >= 0.6 is 12.4 Å². The van der Waals surface area contributed by atoms with Crippen LogP contribution in [0, 0.1) is 12.3 Å². The molecule has 110 valence electrons. The fraction of sp³-hybridized carbons (Fsp3) is 0.455. The van der Waals surface area contributed by atoms with Crippen molar-refractivity contribution in [1.29, 1.82) is 0 Å². The molecule has 0 bridgehead atoms. The summed E-state index contributed by atoms with van der Waals surface area (Å²) in [7, 11) is 0. The zero-order valence-corrected chi connectivity index (χ0v) is 11.0. The molecule has 1 fully saturated rings. The van der Waals surface area contributed by atoms with Gasteiger partial charge in [-0.2, -0.15) is 4.98 Å². The lowest BCUT2D eigenvalue weighted by Gasteiger charge is -2.23. The number of nitrogens with two attached hydrogens (primary N) is 1. The molecular formula is C11H14ClN3O5. The molecule has 2 heterocycles. The van der Waals surface area contributed by atoms with E-state index in [1.165, 1.54) is 12.3 Å². The van der Waals surface area contributed by atoms with Gasteiger partial charge >= 0.3 is 5.69 Å². The molecule has 8 nitrogen and oxygen atoms in total. The predicted octanol–water partition coefficient (Wildman–Crippen LogP) is -2.14. The molecule has 4 atom stereocenters. The smallest absolute Gasteiger partial charge is 0.351 e. The van der Waals surface area contributed by atoms with Crippen LogP contribution in [-0.4, -0.2) is 49.3 Å². The van der Waals surface area contributed by atoms with E-state index >= 15 is 0 Å². The third-order valence-electron chi connectivity index (χ3n) is 3.03. The summed E-state index contributed by atoms with van der Waals surface area (Å²) in [6.07, 6.45) is 2.20. The molecule has 9 heteroatoms. The molecule has 1 aromatic heterocycles. The number of hydrogen-bond acceptors (Lipinski definition) is 7. The van der Waals surface area contributed by atoms with Gasteiger partial charge in [-0.3, -0.25) is 4.57 Å². The minimum Gasteiger partial charge on any atom is -0.392 e. The van der Waals surface area contributed by atoms with Crippen molar-refractivity contribution in [2.75, 3.05) is 12.3 Å². The molecule has 2 rings (SSSR count). The first-order valence-corrected chi connectivity index (χ1v) is 5.42. The molecule has 20 heavy (non-hydrogen) atoms. The first-order valence-electron chi connectivity index (χ1n) is 5.42. The second kappa shape index (κ2) is 5.78. The number of anilines is 1. The van der Waals surface area contributed by atoms with Gasteiger partial charge in [0, 0.05) is 6.20 Å². The van der Waals surface area contributed by atoms with Crippen LogP contribution in [0.1, 0.15) is 6.23 Å². The van der Waals surface area contributed by atoms with Crippen LogP contribution < -0.4 is 11.4 Å². The quantitative estimate of drug-likeness (QED) is 0.459. The number of aromatic nitrogens is 2. The lowest BCUT2D eigenvalue weighted by Crippen LogP contribution is -2.45. The minimum atomic E-state index is -1.76. The number of aliphatic hydroxyl groups is 3. The Morgan fingerprint density at radius 2 is 2.25 bits per heavy atom. The molecule has 0 amide bonds. The minimum absolute atomic E-state index is 0. The highest BCUT2D eigenvalue weighted by Gasteiger charge is 2.54. The molecule has 5 N–H and O–H groups in total. The van der Waals surface area contributed by atoms with Gasteiger partial charge in [0.25, 0.3) is 0 Å². The lowest BCUT2D eigenvalue weighted by molar-refractivity contribution is -0.0935. The summed E-state index contributed by atoms with van der Waals surface area (Å²) in [4.78, 5) is 15.1. The summed E-state index contributed by atoms with van der Waals surface area (Å²) in [6.45, 7) is -0.699. The van der Waals surface area contributed by atoms with Crippen LogP contribution in [0.2, 0.25) is 0 Å². The summed E-state index contributed by atoms with van der Waals surface area (Å²) < 4.78 is 6.22. The zero-order valence-electron chi connectivity index (χ0n) is 10.2. The van der Waals surface area contributed by atoms with Gasteiger partial charge in [-0.1, -0.05) is 5.92 Å². The van der Waals surface area contributed by atoms with Crippen LogP contribution in [0.15, 0.2) is 17.1 Å². The molecular weight excluding hydrogens is 290 g/mol. The normalized spacial score (nSPS) is 32.4. The monoisotopic (exact) mass is 303 g/mol. The molecule has 0 radical (unpaired) electrons. The Morgan fingerprint density at radius 3 is 2.70 bits per heavy atom. The predicted molar refractivity (Wildman–Crippen MR) is 70.9 cm³/mol. The zero-order chi connectivity index (χ0) is 14.2. The highest BCUT2D eigenvalue weighted by molar-refractivity contribution is 5.85. The Kier molecular flexibility index (Phi) is 4.75. The maximum atomic E-state index is 11.7. The standard InChI is InChI=1S/C11H13N3O5.ClH/c1-2-11(5-15)8(17)7(16)9(19-11)14-4-3-6(12)13-10(14)18;/h1,3-4,7-9,15-17H,5H2,(H2,12,13,18);1H/t7?,8?,9-,11-;/m1./s1. The molecule has 1 aliphatic heterocycles. The van der Waals surface area contributed by atoms with E-state index in [1.54, 1.807) is 0 Å². The van der Waals surface area contributed by atoms with Gasteiger partial charge in [0.05, 0.1) is 6.61 Å². The number of halogens is 1. The first kappa shape index (κ1) is 16.4. The van der Waals surface area contributed by atoms with Crippen molar-refractivity contribution in [3.63, 3.8) is 0 Å². The maximum absolute atomic E-state index is 11.7. The third kappa shape index (κ3) is 2.37. The van der Waals surface area contributed by atoms with Gasteiger partial charge in [-0.25, -0.2) is 4.79 Å². The number of nitrogen functional groups attached to an aromatic ring is 1. The van der Waals surface area contributed by atoms with E-state index in [0.29, 0.717) is 0 Å². The number of hydrogen-bond donors (Lipinski definition) is 4. The summed E-state index contributed by atoms with van der Waals surface area (Å²) >= 11 is 0. The first-order chi connectivity index (χ1) is 8.95. The summed E-state index contributed by atoms with van der Waals surface area (Å²) in [5, 5.41) is 29.0. The van der Waals surface area contributed by atoms with E-state index in [4.69, 9.17) is 16.9 Å². The molecule has 0 aliphatic carbocycles. The topological polar surface area (TPSA) is 131 Å². The Balaban J connectivity index is 0.00000200. The van der Waals surface area contributed by atoms with Gasteiger partial charge in [0.15, 0.2) is 11.8 Å². The number of rotatable bonds is 2. The van der Waals surface area contributed by atoms with Gasteiger partial charge in [-0.05, 0) is 6.07 Å². The van der Waals surface area contributed by atoms with E-state index < -0.39 is 36.3 Å². The average Bonchev–Trinajstić information content (AvgIpc) is 2.64. The maximum Gasteiger partial charge on any atom is 0.351 e. The lowest BCUT2D eigenvalue weighted by atomic mass is 9.97. The van der Waals surface area contributed by atoms with Crippen LogP contribution in [-0.2, 0) is 4.74 Å². The summed E-state index contributed by atoms with van der Waals surface area (Å²) in [5.74, 6) is 2.11. The number of aliphatic hydroxyl groups excluding tert-OH is 3. The van der Waals surface area contributed by atoms with Crippen molar-refractivity contribution in [3.05, 3.63) is 22.7 Å². The SMILES string of the molecule is C#C[C@]1(CO)O[C@@H](n2ccc(N)nc2=O)C(O)C1O.Cl. The van der Waals surface area contributed by atoms with Crippen molar-refractivity contribution < 1.29 is 20.1 Å². The van der Waals surface area contributed by atoms with E-state index in [2.05, 4.69) is 10.9 Å². The number of ether oxygens (including phenoxy) is 1. The van der Waals surface area contributed by atoms with Crippen molar-refractivity contribution in [3.8, 4) is 12.3 Å². The van der Waals surface area contributed by atoms with Crippen LogP contribution in [0.5, 0.6) is 0 Å². The third-order valence-corrected chi connectivity index (χ3v) is 3.03. The number of terminal acetylenes is 1. The molecule has 1 saturated heterocycles. The molecule has 0 saturated carbocycles. The molecule has 1 aromatic rings. The second-order valence-electron chi connectivity index (χ2n) is 4.18. The van der Waals surface area contributed by atoms with E-state index in [1.807, 2.05) is 0 Å². The Hall–Kier alpha value is -1.63. The van der Waals surface area contributed by atoms with Crippen molar-refractivity contribution in [2.45, 2.75) is 24.0 Å². The molecule has 0 aromatic carbocycles. The summed E-state index contributed by atoms with van der Waals surface area (Å²) in [6, 6.07) is 1.33. The van der Waals surface area contributed by atoms with Crippen LogP contribution in [0.3, 0.4) is 0 Å². The Bertz CT molecular complexity index is 586. The molecule has 2 unspecified atom stereocenters. The van der Waals surface area contributed by atoms with E-state index in [-0.39, 0.29) is 18.2 Å². The fourth-order valence-electron chi connectivity index (χ4n) is 1.92. The second-order valence-corrected chi connectivity index (χ2v) is 4.18. The van der Waals surface area contributed by atoms with Crippen LogP contribution in [0.25, 0.3) is 0 Å². The Morgan fingerprint density at radius 1 is 1.60 bits per heavy atom. The summed E-state index contributed by atoms with van der Waals surface area (Å²) in [5.41, 5.74) is 2.82. The van der Waals surface area contributed by atoms with E-state index in [9.17, 15) is 20.1 Å². The Labute approximate surface area is 120 Å². The average molecular weight is 304 g/mol. The van der Waals surface area contributed by atoms with Crippen molar-refractivity contribution in [1.82, 2.24) is 9.55 Å². The molecule has 0 spiro atoms. The molecule has 1 aliphatic rings. The van der Waals surface area contributed by atoms with Gasteiger partial charge in [-0.15, -0.1) is 18.8 Å². The fourth-order valence-corrected chi connectivity index (χ4v) is 1.92. The van der Waals surface area contributed by atoms with Crippen LogP contribution in [0.4, 0.5) is 5.82 Å². The highest BCUT2D eigenvalue weighted by atomic mass is 35.5. The van der Waals surface area contributed by atoms with Crippen molar-refractivity contribution in [2.24, 2.45) is 0 Å². The van der Waals surface area contributed by atoms with Crippen molar-refractivity contribution >= 4 is 18.2 Å². The highest BCUT2D eigenvalue weighted by Crippen LogP contribution is 2.35. The van der Waals surface area contributed by atoms with Gasteiger partial charge in [0.1, 0.15) is 18.0 Å². The van der Waals surface area contributed by atoms with Gasteiger partial charge in [0.2, 0.25) is 0 Å². The largest absolute Gasteiger partial charge is 0.392 e.